The van der Waals surface area contributed by atoms with Crippen molar-refractivity contribution in [3.63, 3.8) is 0 Å². The van der Waals surface area contributed by atoms with Crippen LogP contribution in [0.25, 0.3) is 0 Å². The van der Waals surface area contributed by atoms with Gasteiger partial charge in [-0.1, -0.05) is 34.8 Å². The Morgan fingerprint density at radius 3 is 2.49 bits per heavy atom. The Kier molecular flexibility index (Phi) is 8.33. The van der Waals surface area contributed by atoms with Gasteiger partial charge in [0.15, 0.2) is 0 Å². The van der Waals surface area contributed by atoms with E-state index in [0.717, 1.165) is 6.42 Å². The molecule has 0 radical (unpaired) electrons. The highest BCUT2D eigenvalue weighted by atomic mass is 35.5. The quantitative estimate of drug-likeness (QED) is 0.358. The van der Waals surface area contributed by atoms with Crippen LogP contribution in [0.3, 0.4) is 0 Å². The van der Waals surface area contributed by atoms with Gasteiger partial charge in [0.05, 0.1) is 21.2 Å². The molecule has 1 spiro atoms. The fourth-order valence-corrected chi connectivity index (χ4v) is 5.68. The van der Waals surface area contributed by atoms with Crippen LogP contribution in [0.5, 0.6) is 11.6 Å². The standard InChI is InChI=1S/C29H28Cl3N3O4/c1-18-24(31)8-7-23(26(18)32)27(36)34-21-10-15-38-29(16-21)11-13-35(14-12-29)28(37)19-2-5-22(6-3-19)39-25-9-4-20(30)17-33-25/h2-9,17,21H,10-16H2,1H3,(H,34,36). The van der Waals surface area contributed by atoms with Crippen LogP contribution in [0.4, 0.5) is 0 Å². The monoisotopic (exact) mass is 587 g/mol. The predicted molar refractivity (Wildman–Crippen MR) is 151 cm³/mol. The van der Waals surface area contributed by atoms with Crippen molar-refractivity contribution in [2.45, 2.75) is 44.2 Å². The first kappa shape index (κ1) is 27.7. The molecule has 10 heteroatoms. The zero-order valence-electron chi connectivity index (χ0n) is 21.4. The van der Waals surface area contributed by atoms with Crippen LogP contribution in [-0.4, -0.2) is 53.0 Å². The largest absolute Gasteiger partial charge is 0.439 e. The molecule has 1 aromatic heterocycles. The molecule has 2 fully saturated rings. The van der Waals surface area contributed by atoms with Gasteiger partial charge in [0.2, 0.25) is 5.88 Å². The molecule has 2 aliphatic heterocycles. The van der Waals surface area contributed by atoms with E-state index in [1.54, 1.807) is 55.5 Å². The van der Waals surface area contributed by atoms with Crippen molar-refractivity contribution < 1.29 is 19.1 Å². The molecule has 204 valence electrons. The summed E-state index contributed by atoms with van der Waals surface area (Å²) in [6.07, 6.45) is 4.33. The van der Waals surface area contributed by atoms with E-state index in [9.17, 15) is 9.59 Å². The lowest BCUT2D eigenvalue weighted by Crippen LogP contribution is -2.54. The van der Waals surface area contributed by atoms with Crippen LogP contribution in [-0.2, 0) is 4.74 Å². The zero-order chi connectivity index (χ0) is 27.6. The highest BCUT2D eigenvalue weighted by Gasteiger charge is 2.41. The van der Waals surface area contributed by atoms with Gasteiger partial charge in [0, 0.05) is 48.6 Å². The molecule has 2 amide bonds. The second-order valence-corrected chi connectivity index (χ2v) is 11.2. The summed E-state index contributed by atoms with van der Waals surface area (Å²) >= 11 is 18.4. The summed E-state index contributed by atoms with van der Waals surface area (Å²) in [5.41, 5.74) is 1.33. The Labute approximate surface area is 242 Å². The summed E-state index contributed by atoms with van der Waals surface area (Å²) in [4.78, 5) is 32.1. The van der Waals surface area contributed by atoms with Gasteiger partial charge >= 0.3 is 0 Å². The number of nitrogens with zero attached hydrogens (tertiary/aromatic N) is 2. The number of hydrogen-bond acceptors (Lipinski definition) is 5. The number of halogens is 3. The maximum absolute atomic E-state index is 13.2. The number of benzene rings is 2. The van der Waals surface area contributed by atoms with Crippen molar-refractivity contribution in [2.24, 2.45) is 0 Å². The average molecular weight is 589 g/mol. The summed E-state index contributed by atoms with van der Waals surface area (Å²) in [6.45, 7) is 3.50. The third-order valence-corrected chi connectivity index (χ3v) is 8.50. The minimum atomic E-state index is -0.365. The SMILES string of the molecule is Cc1c(Cl)ccc(C(=O)NC2CCOC3(CCN(C(=O)c4ccc(Oc5ccc(Cl)cn5)cc4)CC3)C2)c1Cl. The Morgan fingerprint density at radius 1 is 1.05 bits per heavy atom. The van der Waals surface area contributed by atoms with Gasteiger partial charge in [0.1, 0.15) is 5.75 Å². The number of aromatic nitrogens is 1. The van der Waals surface area contributed by atoms with Gasteiger partial charge in [-0.25, -0.2) is 4.98 Å². The molecule has 2 saturated heterocycles. The van der Waals surface area contributed by atoms with E-state index in [1.807, 2.05) is 4.90 Å². The minimum Gasteiger partial charge on any atom is -0.439 e. The van der Waals surface area contributed by atoms with Crippen LogP contribution in [0, 0.1) is 6.92 Å². The van der Waals surface area contributed by atoms with E-state index in [1.165, 1.54) is 6.20 Å². The van der Waals surface area contributed by atoms with Gasteiger partial charge in [-0.3, -0.25) is 9.59 Å². The van der Waals surface area contributed by atoms with Crippen LogP contribution in [0.2, 0.25) is 15.1 Å². The number of nitrogens with one attached hydrogen (secondary N) is 1. The molecule has 1 unspecified atom stereocenters. The summed E-state index contributed by atoms with van der Waals surface area (Å²) in [5, 5.41) is 4.56. The van der Waals surface area contributed by atoms with Gasteiger partial charge < -0.3 is 19.7 Å². The lowest BCUT2D eigenvalue weighted by atomic mass is 9.82. The van der Waals surface area contributed by atoms with Crippen LogP contribution in [0.15, 0.2) is 54.7 Å². The summed E-state index contributed by atoms with van der Waals surface area (Å²) in [7, 11) is 0. The van der Waals surface area contributed by atoms with E-state index in [0.29, 0.717) is 82.3 Å². The highest BCUT2D eigenvalue weighted by Crippen LogP contribution is 2.36. The van der Waals surface area contributed by atoms with E-state index in [-0.39, 0.29) is 23.5 Å². The highest BCUT2D eigenvalue weighted by molar-refractivity contribution is 6.38. The fourth-order valence-electron chi connectivity index (χ4n) is 5.11. The van der Waals surface area contributed by atoms with E-state index >= 15 is 0 Å². The smallest absolute Gasteiger partial charge is 0.253 e. The molecule has 1 atom stereocenters. The molecule has 3 aromatic rings. The molecule has 0 saturated carbocycles. The Bertz CT molecular complexity index is 1360. The maximum Gasteiger partial charge on any atom is 0.253 e. The molecular formula is C29H28Cl3N3O4. The van der Waals surface area contributed by atoms with Gasteiger partial charge in [-0.05, 0) is 80.6 Å². The lowest BCUT2D eigenvalue weighted by Gasteiger charge is -2.46. The fraction of sp³-hybridized carbons (Fsp3) is 0.345. The Morgan fingerprint density at radius 2 is 1.79 bits per heavy atom. The number of piperidine rings is 1. The molecule has 1 N–H and O–H groups in total. The Balaban J connectivity index is 1.16. The van der Waals surface area contributed by atoms with Gasteiger partial charge in [-0.15, -0.1) is 0 Å². The third-order valence-electron chi connectivity index (χ3n) is 7.38. The zero-order valence-corrected chi connectivity index (χ0v) is 23.7. The number of ether oxygens (including phenoxy) is 2. The van der Waals surface area contributed by atoms with Gasteiger partial charge in [-0.2, -0.15) is 0 Å². The summed E-state index contributed by atoms with van der Waals surface area (Å²) in [5.74, 6) is 0.758. The first-order valence-electron chi connectivity index (χ1n) is 12.8. The number of hydrogen-bond donors (Lipinski definition) is 1. The molecular weight excluding hydrogens is 561 g/mol. The van der Waals surface area contributed by atoms with Gasteiger partial charge in [0.25, 0.3) is 11.8 Å². The average Bonchev–Trinajstić information content (AvgIpc) is 2.93. The third kappa shape index (κ3) is 6.33. The number of pyridine rings is 1. The molecule has 39 heavy (non-hydrogen) atoms. The van der Waals surface area contributed by atoms with Crippen molar-refractivity contribution in [3.05, 3.63) is 86.5 Å². The molecule has 5 rings (SSSR count). The first-order valence-corrected chi connectivity index (χ1v) is 13.9. The number of carbonyl (C=O) groups excluding carboxylic acids is 2. The lowest BCUT2D eigenvalue weighted by molar-refractivity contribution is -0.114. The van der Waals surface area contributed by atoms with Crippen molar-refractivity contribution in [2.75, 3.05) is 19.7 Å². The van der Waals surface area contributed by atoms with E-state index in [2.05, 4.69) is 10.3 Å². The van der Waals surface area contributed by atoms with Crippen molar-refractivity contribution in [1.82, 2.24) is 15.2 Å². The summed E-state index contributed by atoms with van der Waals surface area (Å²) in [6, 6.07) is 13.7. The molecule has 0 bridgehead atoms. The number of likely N-dealkylation sites (tertiary alicyclic amines) is 1. The van der Waals surface area contributed by atoms with E-state index < -0.39 is 0 Å². The number of carbonyl (C=O) groups is 2. The number of rotatable bonds is 5. The normalized spacial score (nSPS) is 18.6. The topological polar surface area (TPSA) is 80.8 Å². The maximum atomic E-state index is 13.2. The van der Waals surface area contributed by atoms with E-state index in [4.69, 9.17) is 44.3 Å². The van der Waals surface area contributed by atoms with Crippen LogP contribution >= 0.6 is 34.8 Å². The van der Waals surface area contributed by atoms with Crippen LogP contribution in [0.1, 0.15) is 52.0 Å². The van der Waals surface area contributed by atoms with Crippen molar-refractivity contribution >= 4 is 46.6 Å². The molecule has 0 aliphatic carbocycles. The second kappa shape index (κ2) is 11.7. The van der Waals surface area contributed by atoms with Crippen molar-refractivity contribution in [3.8, 4) is 11.6 Å². The summed E-state index contributed by atoms with van der Waals surface area (Å²) < 4.78 is 12.0. The molecule has 2 aliphatic rings. The molecule has 7 nitrogen and oxygen atoms in total. The van der Waals surface area contributed by atoms with Crippen molar-refractivity contribution in [1.29, 1.82) is 0 Å². The second-order valence-electron chi connectivity index (χ2n) is 9.96. The minimum absolute atomic E-state index is 0.0329. The van der Waals surface area contributed by atoms with Crippen LogP contribution < -0.4 is 10.1 Å². The Hall–Kier alpha value is -2.84. The molecule has 2 aromatic carbocycles. The number of amides is 2. The predicted octanol–water partition coefficient (Wildman–Crippen LogP) is 6.73. The first-order chi connectivity index (χ1) is 18.7. The molecule has 3 heterocycles.